The molecule has 0 fully saturated rings. The number of carbonyl (C=O) groups excluding carboxylic acids is 2. The number of Topliss-reactive ketones (excluding diaryl/α,β-unsaturated/α-hetero) is 1. The van der Waals surface area contributed by atoms with Crippen LogP contribution in [-0.2, 0) is 4.79 Å². The Morgan fingerprint density at radius 3 is 2.41 bits per heavy atom. The Bertz CT molecular complexity index is 1170. The van der Waals surface area contributed by atoms with Gasteiger partial charge < -0.3 is 5.32 Å². The van der Waals surface area contributed by atoms with Crippen LogP contribution in [0.5, 0.6) is 0 Å². The van der Waals surface area contributed by atoms with Crippen LogP contribution in [0.2, 0.25) is 0 Å². The molecular weight excluding hydrogens is 366 g/mol. The standard InChI is InChI=1S/C22H19N5O2/c1-15-24-25-21-13-11-19(26-27(15)21)16-7-9-18(10-8-16)23-22(29)14-12-20(28)17-5-3-2-4-6-17/h2-11,13H,12,14H2,1H3,(H,23,29). The van der Waals surface area contributed by atoms with E-state index < -0.39 is 0 Å². The van der Waals surface area contributed by atoms with Crippen molar-refractivity contribution >= 4 is 23.0 Å². The Kier molecular flexibility index (Phi) is 5.11. The fourth-order valence-corrected chi connectivity index (χ4v) is 2.99. The summed E-state index contributed by atoms with van der Waals surface area (Å²) in [4.78, 5) is 24.3. The zero-order valence-electron chi connectivity index (χ0n) is 15.9. The topological polar surface area (TPSA) is 89.2 Å². The second kappa shape index (κ2) is 8.02. The third-order valence-electron chi connectivity index (χ3n) is 4.56. The molecule has 7 nitrogen and oxygen atoms in total. The molecule has 144 valence electrons. The van der Waals surface area contributed by atoms with E-state index in [-0.39, 0.29) is 24.5 Å². The zero-order valence-corrected chi connectivity index (χ0v) is 15.9. The molecule has 7 heteroatoms. The quantitative estimate of drug-likeness (QED) is 0.511. The van der Waals surface area contributed by atoms with E-state index in [0.717, 1.165) is 17.1 Å². The van der Waals surface area contributed by atoms with Crippen molar-refractivity contribution in [1.29, 1.82) is 0 Å². The highest BCUT2D eigenvalue weighted by molar-refractivity contribution is 6.00. The van der Waals surface area contributed by atoms with Crippen LogP contribution in [0.15, 0.2) is 66.7 Å². The van der Waals surface area contributed by atoms with Crippen LogP contribution >= 0.6 is 0 Å². The minimum absolute atomic E-state index is 0.0400. The molecule has 0 atom stereocenters. The molecule has 2 aromatic heterocycles. The molecule has 0 radical (unpaired) electrons. The number of fused-ring (bicyclic) bond motifs is 1. The van der Waals surface area contributed by atoms with Gasteiger partial charge in [-0.15, -0.1) is 10.2 Å². The van der Waals surface area contributed by atoms with Gasteiger partial charge >= 0.3 is 0 Å². The number of amides is 1. The number of ketones is 1. The average Bonchev–Trinajstić information content (AvgIpc) is 3.13. The van der Waals surface area contributed by atoms with Gasteiger partial charge in [0.2, 0.25) is 5.91 Å². The molecule has 4 aromatic rings. The molecule has 0 aliphatic heterocycles. The minimum atomic E-state index is -0.193. The van der Waals surface area contributed by atoms with Gasteiger partial charge in [0.25, 0.3) is 0 Å². The lowest BCUT2D eigenvalue weighted by Gasteiger charge is -2.07. The number of hydrogen-bond acceptors (Lipinski definition) is 5. The van der Waals surface area contributed by atoms with Crippen LogP contribution < -0.4 is 5.32 Å². The molecule has 0 saturated heterocycles. The molecule has 29 heavy (non-hydrogen) atoms. The Morgan fingerprint density at radius 2 is 1.66 bits per heavy atom. The van der Waals surface area contributed by atoms with Crippen molar-refractivity contribution in [3.8, 4) is 11.3 Å². The Balaban J connectivity index is 1.38. The average molecular weight is 385 g/mol. The molecule has 4 rings (SSSR count). The third kappa shape index (κ3) is 4.19. The summed E-state index contributed by atoms with van der Waals surface area (Å²) in [5.41, 5.74) is 3.69. The Hall–Kier alpha value is -3.87. The van der Waals surface area contributed by atoms with E-state index in [1.54, 1.807) is 16.6 Å². The number of rotatable bonds is 6. The van der Waals surface area contributed by atoms with Gasteiger partial charge in [-0.1, -0.05) is 42.5 Å². The fourth-order valence-electron chi connectivity index (χ4n) is 2.99. The maximum Gasteiger partial charge on any atom is 0.224 e. The fraction of sp³-hybridized carbons (Fsp3) is 0.136. The zero-order chi connectivity index (χ0) is 20.2. The van der Waals surface area contributed by atoms with Gasteiger partial charge in [-0.2, -0.15) is 9.61 Å². The normalized spacial score (nSPS) is 10.8. The number of carbonyl (C=O) groups is 2. The van der Waals surface area contributed by atoms with Crippen molar-refractivity contribution in [2.45, 2.75) is 19.8 Å². The van der Waals surface area contributed by atoms with Gasteiger partial charge in [0.1, 0.15) is 0 Å². The lowest BCUT2D eigenvalue weighted by Crippen LogP contribution is -2.13. The predicted octanol–water partition coefficient (Wildman–Crippen LogP) is 3.70. The van der Waals surface area contributed by atoms with E-state index >= 15 is 0 Å². The summed E-state index contributed by atoms with van der Waals surface area (Å²) < 4.78 is 1.69. The van der Waals surface area contributed by atoms with Crippen LogP contribution in [0.25, 0.3) is 16.9 Å². The molecule has 1 N–H and O–H groups in total. The van der Waals surface area contributed by atoms with Crippen molar-refractivity contribution in [3.63, 3.8) is 0 Å². The van der Waals surface area contributed by atoms with E-state index in [9.17, 15) is 9.59 Å². The van der Waals surface area contributed by atoms with E-state index in [1.165, 1.54) is 0 Å². The first-order valence-electron chi connectivity index (χ1n) is 9.28. The van der Waals surface area contributed by atoms with Gasteiger partial charge in [0, 0.05) is 29.7 Å². The lowest BCUT2D eigenvalue weighted by atomic mass is 10.1. The third-order valence-corrected chi connectivity index (χ3v) is 4.56. The largest absolute Gasteiger partial charge is 0.326 e. The first-order valence-corrected chi connectivity index (χ1v) is 9.28. The van der Waals surface area contributed by atoms with Gasteiger partial charge in [-0.25, -0.2) is 0 Å². The summed E-state index contributed by atoms with van der Waals surface area (Å²) in [5, 5.41) is 15.4. The van der Waals surface area contributed by atoms with Gasteiger partial charge in [-0.05, 0) is 31.2 Å². The van der Waals surface area contributed by atoms with Crippen LogP contribution in [-0.4, -0.2) is 31.5 Å². The molecular formula is C22H19N5O2. The number of aromatic nitrogens is 4. The SMILES string of the molecule is Cc1nnc2ccc(-c3ccc(NC(=O)CCC(=O)c4ccccc4)cc3)nn12. The smallest absolute Gasteiger partial charge is 0.224 e. The highest BCUT2D eigenvalue weighted by atomic mass is 16.2. The van der Waals surface area contributed by atoms with Crippen molar-refractivity contribution in [1.82, 2.24) is 19.8 Å². The van der Waals surface area contributed by atoms with Gasteiger partial charge in [-0.3, -0.25) is 9.59 Å². The van der Waals surface area contributed by atoms with E-state index in [1.807, 2.05) is 61.5 Å². The number of hydrogen-bond donors (Lipinski definition) is 1. The van der Waals surface area contributed by atoms with Crippen molar-refractivity contribution in [3.05, 3.63) is 78.1 Å². The first-order chi connectivity index (χ1) is 14.1. The summed E-state index contributed by atoms with van der Waals surface area (Å²) in [6.45, 7) is 1.85. The number of nitrogens with zero attached hydrogens (tertiary/aromatic N) is 4. The Morgan fingerprint density at radius 1 is 0.897 bits per heavy atom. The van der Waals surface area contributed by atoms with E-state index in [0.29, 0.717) is 16.9 Å². The number of anilines is 1. The van der Waals surface area contributed by atoms with Crippen molar-refractivity contribution < 1.29 is 9.59 Å². The molecule has 0 bridgehead atoms. The maximum absolute atomic E-state index is 12.2. The molecule has 2 heterocycles. The summed E-state index contributed by atoms with van der Waals surface area (Å²) >= 11 is 0. The molecule has 1 amide bonds. The van der Waals surface area contributed by atoms with E-state index in [4.69, 9.17) is 0 Å². The second-order valence-electron chi connectivity index (χ2n) is 6.65. The highest BCUT2D eigenvalue weighted by Gasteiger charge is 2.10. The summed E-state index contributed by atoms with van der Waals surface area (Å²) in [7, 11) is 0. The van der Waals surface area contributed by atoms with Crippen molar-refractivity contribution in [2.24, 2.45) is 0 Å². The molecule has 0 unspecified atom stereocenters. The van der Waals surface area contributed by atoms with Gasteiger partial charge in [0.05, 0.1) is 5.69 Å². The molecule has 0 aliphatic carbocycles. The number of aryl methyl sites for hydroxylation is 1. The second-order valence-corrected chi connectivity index (χ2v) is 6.65. The Labute approximate surface area is 167 Å². The van der Waals surface area contributed by atoms with E-state index in [2.05, 4.69) is 20.6 Å². The maximum atomic E-state index is 12.2. The molecule has 2 aromatic carbocycles. The van der Waals surface area contributed by atoms with Crippen LogP contribution in [0.4, 0.5) is 5.69 Å². The number of benzene rings is 2. The first kappa shape index (κ1) is 18.5. The van der Waals surface area contributed by atoms with Crippen LogP contribution in [0.3, 0.4) is 0 Å². The van der Waals surface area contributed by atoms with Crippen LogP contribution in [0.1, 0.15) is 29.0 Å². The van der Waals surface area contributed by atoms with Crippen molar-refractivity contribution in [2.75, 3.05) is 5.32 Å². The molecule has 0 saturated carbocycles. The highest BCUT2D eigenvalue weighted by Crippen LogP contribution is 2.20. The minimum Gasteiger partial charge on any atom is -0.326 e. The summed E-state index contributed by atoms with van der Waals surface area (Å²) in [6, 6.07) is 20.1. The monoisotopic (exact) mass is 385 g/mol. The number of nitrogens with one attached hydrogen (secondary N) is 1. The molecule has 0 spiro atoms. The lowest BCUT2D eigenvalue weighted by molar-refractivity contribution is -0.116. The van der Waals surface area contributed by atoms with Crippen LogP contribution in [0, 0.1) is 6.92 Å². The summed E-state index contributed by atoms with van der Waals surface area (Å²) in [5.74, 6) is 0.485. The summed E-state index contributed by atoms with van der Waals surface area (Å²) in [6.07, 6.45) is 0.316. The van der Waals surface area contributed by atoms with Gasteiger partial charge in [0.15, 0.2) is 17.3 Å². The molecule has 0 aliphatic rings. The predicted molar refractivity (Wildman–Crippen MR) is 110 cm³/mol.